The van der Waals surface area contributed by atoms with E-state index < -0.39 is 5.60 Å². The topological polar surface area (TPSA) is 38.7 Å². The Hall–Kier alpha value is -1.64. The van der Waals surface area contributed by atoms with Crippen LogP contribution in [0, 0.1) is 0 Å². The van der Waals surface area contributed by atoms with Crippen molar-refractivity contribution in [3.63, 3.8) is 0 Å². The van der Waals surface area contributed by atoms with Gasteiger partial charge in [0.05, 0.1) is 0 Å². The third kappa shape index (κ3) is 1.66. The van der Waals surface area contributed by atoms with E-state index in [9.17, 15) is 4.79 Å². The van der Waals surface area contributed by atoms with Gasteiger partial charge in [0.25, 0.3) is 0 Å². The summed E-state index contributed by atoms with van der Waals surface area (Å²) < 4.78 is 0. The van der Waals surface area contributed by atoms with Gasteiger partial charge in [-0.3, -0.25) is 4.79 Å². The number of carbonyl (C=O) groups excluding carboxylic acids is 1. The van der Waals surface area contributed by atoms with Crippen LogP contribution in [0.4, 0.5) is 0 Å². The van der Waals surface area contributed by atoms with E-state index in [4.69, 9.17) is 4.84 Å². The molecule has 0 atom stereocenters. The quantitative estimate of drug-likeness (QED) is 0.742. The molecule has 0 radical (unpaired) electrons. The summed E-state index contributed by atoms with van der Waals surface area (Å²) in [6.07, 6.45) is 4.93. The van der Waals surface area contributed by atoms with Gasteiger partial charge in [-0.25, -0.2) is 0 Å². The maximum atomic E-state index is 12.4. The summed E-state index contributed by atoms with van der Waals surface area (Å²) in [7, 11) is 0. The monoisotopic (exact) mass is 229 g/mol. The number of ketones is 1. The minimum absolute atomic E-state index is 0.0726. The third-order valence-corrected chi connectivity index (χ3v) is 3.65. The van der Waals surface area contributed by atoms with Crippen LogP contribution in [0.3, 0.4) is 0 Å². The molecule has 1 heterocycles. The SMILES string of the molecule is O=C1C(c2ccccc2)=NOC12CCCCC2. The summed E-state index contributed by atoms with van der Waals surface area (Å²) in [4.78, 5) is 17.9. The van der Waals surface area contributed by atoms with Crippen molar-refractivity contribution in [3.8, 4) is 0 Å². The Morgan fingerprint density at radius 3 is 2.47 bits per heavy atom. The molecule has 0 N–H and O–H groups in total. The highest BCUT2D eigenvalue weighted by Gasteiger charge is 2.48. The summed E-state index contributed by atoms with van der Waals surface area (Å²) in [5, 5.41) is 4.03. The Kier molecular flexibility index (Phi) is 2.46. The van der Waals surface area contributed by atoms with Gasteiger partial charge in [-0.05, 0) is 25.7 Å². The zero-order valence-electron chi connectivity index (χ0n) is 9.69. The molecule has 1 aromatic carbocycles. The van der Waals surface area contributed by atoms with E-state index >= 15 is 0 Å². The minimum Gasteiger partial charge on any atom is -0.380 e. The highest BCUT2D eigenvalue weighted by molar-refractivity contribution is 6.49. The van der Waals surface area contributed by atoms with Gasteiger partial charge in [0.15, 0.2) is 5.71 Å². The normalized spacial score (nSPS) is 22.4. The van der Waals surface area contributed by atoms with Crippen LogP contribution in [0.2, 0.25) is 0 Å². The van der Waals surface area contributed by atoms with Gasteiger partial charge < -0.3 is 4.84 Å². The summed E-state index contributed by atoms with van der Waals surface area (Å²) in [5.41, 5.74) is 0.719. The van der Waals surface area contributed by atoms with Crippen molar-refractivity contribution in [1.29, 1.82) is 0 Å². The van der Waals surface area contributed by atoms with Crippen LogP contribution in [0.15, 0.2) is 35.5 Å². The molecule has 0 saturated heterocycles. The Morgan fingerprint density at radius 2 is 1.76 bits per heavy atom. The molecule has 0 aromatic heterocycles. The first kappa shape index (κ1) is 10.5. The van der Waals surface area contributed by atoms with Crippen LogP contribution in [-0.4, -0.2) is 17.1 Å². The second-order valence-corrected chi connectivity index (χ2v) is 4.78. The second-order valence-electron chi connectivity index (χ2n) is 4.78. The molecule has 0 bridgehead atoms. The number of carbonyl (C=O) groups is 1. The van der Waals surface area contributed by atoms with E-state index in [0.717, 1.165) is 31.2 Å². The van der Waals surface area contributed by atoms with Crippen LogP contribution < -0.4 is 0 Å². The van der Waals surface area contributed by atoms with Crippen molar-refractivity contribution >= 4 is 11.5 Å². The number of hydrogen-bond acceptors (Lipinski definition) is 3. The molecule has 1 saturated carbocycles. The van der Waals surface area contributed by atoms with Gasteiger partial charge in [0.2, 0.25) is 11.4 Å². The lowest BCUT2D eigenvalue weighted by Gasteiger charge is -2.28. The fourth-order valence-electron chi connectivity index (χ4n) is 2.65. The molecule has 0 unspecified atom stereocenters. The first-order valence-corrected chi connectivity index (χ1v) is 6.18. The van der Waals surface area contributed by atoms with Crippen LogP contribution in [0.25, 0.3) is 0 Å². The summed E-state index contributed by atoms with van der Waals surface area (Å²) in [6, 6.07) is 9.57. The van der Waals surface area contributed by atoms with Gasteiger partial charge in [-0.1, -0.05) is 41.9 Å². The molecule has 1 spiro atoms. The predicted molar refractivity (Wildman–Crippen MR) is 64.9 cm³/mol. The lowest BCUT2D eigenvalue weighted by molar-refractivity contribution is -0.136. The zero-order valence-corrected chi connectivity index (χ0v) is 9.69. The van der Waals surface area contributed by atoms with Crippen molar-refractivity contribution in [1.82, 2.24) is 0 Å². The first-order valence-electron chi connectivity index (χ1n) is 6.18. The molecule has 1 aliphatic carbocycles. The highest BCUT2D eigenvalue weighted by Crippen LogP contribution is 2.37. The maximum Gasteiger partial charge on any atom is 0.231 e. The molecule has 1 aromatic rings. The molecule has 0 amide bonds. The van der Waals surface area contributed by atoms with Crippen molar-refractivity contribution in [3.05, 3.63) is 35.9 Å². The smallest absolute Gasteiger partial charge is 0.231 e. The lowest BCUT2D eigenvalue weighted by atomic mass is 9.80. The maximum absolute atomic E-state index is 12.4. The molecule has 3 heteroatoms. The van der Waals surface area contributed by atoms with Crippen molar-refractivity contribution in [2.45, 2.75) is 37.7 Å². The van der Waals surface area contributed by atoms with Crippen LogP contribution >= 0.6 is 0 Å². The summed E-state index contributed by atoms with van der Waals surface area (Å²) in [5.74, 6) is 0.0726. The molecule has 1 aliphatic heterocycles. The Labute approximate surface area is 100 Å². The number of benzene rings is 1. The summed E-state index contributed by atoms with van der Waals surface area (Å²) in [6.45, 7) is 0. The van der Waals surface area contributed by atoms with Gasteiger partial charge in [0, 0.05) is 5.56 Å². The lowest BCUT2D eigenvalue weighted by Crippen LogP contribution is -2.41. The van der Waals surface area contributed by atoms with E-state index in [0.29, 0.717) is 5.71 Å². The van der Waals surface area contributed by atoms with Gasteiger partial charge >= 0.3 is 0 Å². The van der Waals surface area contributed by atoms with E-state index in [1.54, 1.807) is 0 Å². The molecule has 2 aliphatic rings. The standard InChI is InChI=1S/C14H15NO2/c16-13-12(11-7-3-1-4-8-11)15-17-14(13)9-5-2-6-10-14/h1,3-4,7-8H,2,5-6,9-10H2. The molecular weight excluding hydrogens is 214 g/mol. The number of rotatable bonds is 1. The summed E-state index contributed by atoms with van der Waals surface area (Å²) >= 11 is 0. The van der Waals surface area contributed by atoms with E-state index in [1.165, 1.54) is 6.42 Å². The second kappa shape index (κ2) is 3.99. The van der Waals surface area contributed by atoms with Crippen LogP contribution in [-0.2, 0) is 9.63 Å². The third-order valence-electron chi connectivity index (χ3n) is 3.65. The highest BCUT2D eigenvalue weighted by atomic mass is 16.7. The molecule has 1 fully saturated rings. The van der Waals surface area contributed by atoms with E-state index in [1.807, 2.05) is 30.3 Å². The Morgan fingerprint density at radius 1 is 1.06 bits per heavy atom. The average Bonchev–Trinajstić information content (AvgIpc) is 2.70. The number of nitrogens with zero attached hydrogens (tertiary/aromatic N) is 1. The molecule has 88 valence electrons. The fourth-order valence-corrected chi connectivity index (χ4v) is 2.65. The predicted octanol–water partition coefficient (Wildman–Crippen LogP) is 2.69. The molecule has 3 rings (SSSR count). The Bertz CT molecular complexity index is 458. The molecule has 17 heavy (non-hydrogen) atoms. The Balaban J connectivity index is 1.88. The minimum atomic E-state index is -0.635. The molecular formula is C14H15NO2. The molecule has 3 nitrogen and oxygen atoms in total. The van der Waals surface area contributed by atoms with Crippen molar-refractivity contribution < 1.29 is 9.63 Å². The number of hydrogen-bond donors (Lipinski definition) is 0. The zero-order chi connectivity index (χ0) is 11.7. The van der Waals surface area contributed by atoms with Crippen LogP contribution in [0.1, 0.15) is 37.7 Å². The number of oxime groups is 1. The van der Waals surface area contributed by atoms with Gasteiger partial charge in [-0.2, -0.15) is 0 Å². The van der Waals surface area contributed by atoms with Crippen LogP contribution in [0.5, 0.6) is 0 Å². The van der Waals surface area contributed by atoms with Gasteiger partial charge in [0.1, 0.15) is 0 Å². The number of Topliss-reactive ketones (excluding diaryl/α,β-unsaturated/α-hetero) is 1. The fraction of sp³-hybridized carbons (Fsp3) is 0.429. The van der Waals surface area contributed by atoms with Gasteiger partial charge in [-0.15, -0.1) is 0 Å². The van der Waals surface area contributed by atoms with Crippen molar-refractivity contribution in [2.75, 3.05) is 0 Å². The van der Waals surface area contributed by atoms with E-state index in [-0.39, 0.29) is 5.78 Å². The van der Waals surface area contributed by atoms with E-state index in [2.05, 4.69) is 5.16 Å². The first-order chi connectivity index (χ1) is 8.32. The average molecular weight is 229 g/mol. The largest absolute Gasteiger partial charge is 0.380 e. The van der Waals surface area contributed by atoms with Crippen molar-refractivity contribution in [2.24, 2.45) is 5.16 Å².